The lowest BCUT2D eigenvalue weighted by Crippen LogP contribution is -2.56. The van der Waals surface area contributed by atoms with Crippen LogP contribution in [-0.4, -0.2) is 39.6 Å². The van der Waals surface area contributed by atoms with E-state index in [1.807, 2.05) is 26.8 Å². The highest BCUT2D eigenvalue weighted by atomic mass is 16.2. The van der Waals surface area contributed by atoms with Gasteiger partial charge in [-0.1, -0.05) is 26.8 Å². The minimum Gasteiger partial charge on any atom is -0.338 e. The molecule has 1 saturated heterocycles. The molecule has 2 aliphatic rings. The predicted octanol–water partition coefficient (Wildman–Crippen LogP) is 2.00. The van der Waals surface area contributed by atoms with Crippen LogP contribution >= 0.6 is 0 Å². The number of Topliss-reactive ketones (excluding diaryl/α,β-unsaturated/α-hetero) is 1. The summed E-state index contributed by atoms with van der Waals surface area (Å²) >= 11 is 0. The van der Waals surface area contributed by atoms with Crippen LogP contribution in [0.4, 0.5) is 0 Å². The highest BCUT2D eigenvalue weighted by molar-refractivity contribution is 6.04. The average Bonchev–Trinajstić information content (AvgIpc) is 2.58. The van der Waals surface area contributed by atoms with Crippen molar-refractivity contribution >= 4 is 11.7 Å². The third kappa shape index (κ3) is 2.41. The summed E-state index contributed by atoms with van der Waals surface area (Å²) in [6.45, 7) is 6.91. The van der Waals surface area contributed by atoms with Gasteiger partial charge < -0.3 is 4.90 Å². The molecule has 3 rings (SSSR count). The molecule has 1 aliphatic carbocycles. The van der Waals surface area contributed by atoms with Gasteiger partial charge in [0, 0.05) is 36.3 Å². The Bertz CT molecular complexity index is 763. The second kappa shape index (κ2) is 5.52. The van der Waals surface area contributed by atoms with Gasteiger partial charge in [-0.2, -0.15) is 5.26 Å². The number of hydrogen-bond acceptors (Lipinski definition) is 5. The molecule has 1 aromatic heterocycles. The van der Waals surface area contributed by atoms with E-state index in [0.29, 0.717) is 18.7 Å². The van der Waals surface area contributed by atoms with Crippen molar-refractivity contribution in [3.05, 3.63) is 35.9 Å². The molecule has 6 heteroatoms. The fourth-order valence-electron chi connectivity index (χ4n) is 4.30. The number of likely N-dealkylation sites (tertiary alicyclic amines) is 1. The molecular weight excluding hydrogens is 304 g/mol. The Morgan fingerprint density at radius 3 is 2.62 bits per heavy atom. The summed E-state index contributed by atoms with van der Waals surface area (Å²) in [4.78, 5) is 34.8. The summed E-state index contributed by atoms with van der Waals surface area (Å²) in [7, 11) is 0. The number of aromatic nitrogens is 2. The zero-order valence-electron chi connectivity index (χ0n) is 14.1. The fourth-order valence-corrected chi connectivity index (χ4v) is 4.30. The Labute approximate surface area is 141 Å². The first-order valence-electron chi connectivity index (χ1n) is 8.01. The summed E-state index contributed by atoms with van der Waals surface area (Å²) in [5.41, 5.74) is -0.336. The van der Waals surface area contributed by atoms with Gasteiger partial charge in [-0.15, -0.1) is 0 Å². The zero-order chi connectivity index (χ0) is 17.5. The molecular formula is C18H20N4O2. The SMILES string of the molecule is CC1(C)C(=O)C(C#N)=C[C@@]2(C)CN(C(=O)c3cncnc3)CCC12. The van der Waals surface area contributed by atoms with Crippen LogP contribution in [0.15, 0.2) is 30.4 Å². The van der Waals surface area contributed by atoms with Crippen LogP contribution in [0.3, 0.4) is 0 Å². The topological polar surface area (TPSA) is 87.0 Å². The van der Waals surface area contributed by atoms with Crippen molar-refractivity contribution in [1.29, 1.82) is 5.26 Å². The van der Waals surface area contributed by atoms with E-state index in [1.54, 1.807) is 11.0 Å². The van der Waals surface area contributed by atoms with Gasteiger partial charge in [-0.25, -0.2) is 9.97 Å². The van der Waals surface area contributed by atoms with E-state index in [-0.39, 0.29) is 23.2 Å². The quantitative estimate of drug-likeness (QED) is 0.788. The van der Waals surface area contributed by atoms with Crippen LogP contribution in [0.1, 0.15) is 37.6 Å². The van der Waals surface area contributed by atoms with Crippen LogP contribution < -0.4 is 0 Å². The van der Waals surface area contributed by atoms with Gasteiger partial charge >= 0.3 is 0 Å². The molecule has 0 N–H and O–H groups in total. The van der Waals surface area contributed by atoms with Gasteiger partial charge in [0.15, 0.2) is 5.78 Å². The number of allylic oxidation sites excluding steroid dienone is 1. The summed E-state index contributed by atoms with van der Waals surface area (Å²) in [6.07, 6.45) is 6.90. The van der Waals surface area contributed by atoms with Gasteiger partial charge in [0.2, 0.25) is 0 Å². The average molecular weight is 324 g/mol. The molecule has 1 amide bonds. The Morgan fingerprint density at radius 2 is 2.00 bits per heavy atom. The van der Waals surface area contributed by atoms with E-state index in [1.165, 1.54) is 18.7 Å². The van der Waals surface area contributed by atoms with Crippen molar-refractivity contribution in [3.63, 3.8) is 0 Å². The monoisotopic (exact) mass is 324 g/mol. The summed E-state index contributed by atoms with van der Waals surface area (Å²) < 4.78 is 0. The van der Waals surface area contributed by atoms with Crippen molar-refractivity contribution in [2.24, 2.45) is 16.7 Å². The molecule has 0 bridgehead atoms. The van der Waals surface area contributed by atoms with Gasteiger partial charge in [0.1, 0.15) is 12.4 Å². The number of rotatable bonds is 1. The number of ketones is 1. The van der Waals surface area contributed by atoms with Crippen molar-refractivity contribution in [3.8, 4) is 6.07 Å². The first-order valence-corrected chi connectivity index (χ1v) is 8.01. The van der Waals surface area contributed by atoms with Crippen molar-refractivity contribution in [2.75, 3.05) is 13.1 Å². The highest BCUT2D eigenvalue weighted by Crippen LogP contribution is 2.52. The largest absolute Gasteiger partial charge is 0.338 e. The van der Waals surface area contributed by atoms with Crippen molar-refractivity contribution < 1.29 is 9.59 Å². The van der Waals surface area contributed by atoms with Crippen LogP contribution in [0, 0.1) is 28.1 Å². The minimum atomic E-state index is -0.598. The van der Waals surface area contributed by atoms with Crippen LogP contribution in [0.25, 0.3) is 0 Å². The number of fused-ring (bicyclic) bond motifs is 1. The number of piperidine rings is 1. The second-order valence-corrected chi connectivity index (χ2v) is 7.42. The van der Waals surface area contributed by atoms with E-state index in [2.05, 4.69) is 9.97 Å². The lowest BCUT2D eigenvalue weighted by Gasteiger charge is -2.52. The molecule has 2 atom stereocenters. The molecule has 6 nitrogen and oxygen atoms in total. The molecule has 0 spiro atoms. The van der Waals surface area contributed by atoms with Gasteiger partial charge in [0.05, 0.1) is 11.1 Å². The van der Waals surface area contributed by atoms with E-state index in [0.717, 1.165) is 6.42 Å². The van der Waals surface area contributed by atoms with Crippen molar-refractivity contribution in [1.82, 2.24) is 14.9 Å². The third-order valence-corrected chi connectivity index (χ3v) is 5.41. The minimum absolute atomic E-state index is 0.0938. The first-order chi connectivity index (χ1) is 11.3. The smallest absolute Gasteiger partial charge is 0.257 e. The molecule has 0 radical (unpaired) electrons. The molecule has 1 fully saturated rings. The number of amides is 1. The number of nitrogens with zero attached hydrogens (tertiary/aromatic N) is 4. The Hall–Kier alpha value is -2.55. The lowest BCUT2D eigenvalue weighted by atomic mass is 9.55. The molecule has 1 unspecified atom stereocenters. The fraction of sp³-hybridized carbons (Fsp3) is 0.500. The van der Waals surface area contributed by atoms with E-state index in [9.17, 15) is 14.9 Å². The maximum absolute atomic E-state index is 12.7. The number of nitriles is 1. The molecule has 2 heterocycles. The predicted molar refractivity (Wildman–Crippen MR) is 86.6 cm³/mol. The normalized spacial score (nSPS) is 28.6. The third-order valence-electron chi connectivity index (χ3n) is 5.41. The molecule has 0 aromatic carbocycles. The summed E-state index contributed by atoms with van der Waals surface area (Å²) in [5, 5.41) is 9.32. The number of hydrogen-bond donors (Lipinski definition) is 0. The van der Waals surface area contributed by atoms with Crippen LogP contribution in [-0.2, 0) is 4.79 Å². The number of carbonyl (C=O) groups excluding carboxylic acids is 2. The van der Waals surface area contributed by atoms with Crippen LogP contribution in [0.5, 0.6) is 0 Å². The Morgan fingerprint density at radius 1 is 1.33 bits per heavy atom. The summed E-state index contributed by atoms with van der Waals surface area (Å²) in [5.74, 6) is -0.105. The standard InChI is InChI=1S/C18H20N4O2/c1-17(2)14-4-5-22(16(24)13-8-20-11-21-9-13)10-18(14,3)6-12(7-19)15(17)23/h6,8-9,11,14H,4-5,10H2,1-3H3/t14?,18-/m0/s1. The lowest BCUT2D eigenvalue weighted by molar-refractivity contribution is -0.131. The Balaban J connectivity index is 1.94. The van der Waals surface area contributed by atoms with Gasteiger partial charge in [-0.05, 0) is 12.3 Å². The summed E-state index contributed by atoms with van der Waals surface area (Å²) in [6, 6.07) is 2.03. The molecule has 24 heavy (non-hydrogen) atoms. The molecule has 1 aliphatic heterocycles. The highest BCUT2D eigenvalue weighted by Gasteiger charge is 2.53. The molecule has 1 aromatic rings. The Kier molecular flexibility index (Phi) is 3.75. The van der Waals surface area contributed by atoms with Gasteiger partial charge in [-0.3, -0.25) is 9.59 Å². The second-order valence-electron chi connectivity index (χ2n) is 7.42. The van der Waals surface area contributed by atoms with E-state index >= 15 is 0 Å². The zero-order valence-corrected chi connectivity index (χ0v) is 14.1. The maximum atomic E-state index is 12.7. The van der Waals surface area contributed by atoms with Crippen LogP contribution in [0.2, 0.25) is 0 Å². The van der Waals surface area contributed by atoms with Gasteiger partial charge in [0.25, 0.3) is 5.91 Å². The number of carbonyl (C=O) groups is 2. The van der Waals surface area contributed by atoms with Crippen molar-refractivity contribution in [2.45, 2.75) is 27.2 Å². The molecule has 124 valence electrons. The first kappa shape index (κ1) is 16.3. The van der Waals surface area contributed by atoms with E-state index < -0.39 is 10.8 Å². The van der Waals surface area contributed by atoms with E-state index in [4.69, 9.17) is 0 Å². The molecule has 0 saturated carbocycles. The maximum Gasteiger partial charge on any atom is 0.257 e.